The van der Waals surface area contributed by atoms with E-state index in [0.717, 1.165) is 16.8 Å². The molecule has 12 heteroatoms. The van der Waals surface area contributed by atoms with Crippen LogP contribution >= 0.6 is 0 Å². The Morgan fingerprint density at radius 1 is 1.30 bits per heavy atom. The lowest BCUT2D eigenvalue weighted by Gasteiger charge is -2.24. The third-order valence-corrected chi connectivity index (χ3v) is 4.52. The van der Waals surface area contributed by atoms with Gasteiger partial charge in [0.1, 0.15) is 28.8 Å². The monoisotopic (exact) mass is 422 g/mol. The molecule has 0 unspecified atom stereocenters. The van der Waals surface area contributed by atoms with E-state index in [9.17, 15) is 18.0 Å². The Balaban J connectivity index is 1.63. The van der Waals surface area contributed by atoms with E-state index in [4.69, 9.17) is 15.2 Å². The Bertz CT molecular complexity index is 1080. The van der Waals surface area contributed by atoms with Gasteiger partial charge in [0.05, 0.1) is 19.4 Å². The number of nitrogens with two attached hydrogens (primary N) is 1. The third-order valence-electron chi connectivity index (χ3n) is 4.52. The Morgan fingerprint density at radius 2 is 2.07 bits per heavy atom. The van der Waals surface area contributed by atoms with Crippen LogP contribution in [0.1, 0.15) is 28.9 Å². The normalized spacial score (nSPS) is 15.3. The first kappa shape index (κ1) is 19.9. The number of hydrogen-bond acceptors (Lipinski definition) is 7. The predicted molar refractivity (Wildman–Crippen MR) is 99.1 cm³/mol. The van der Waals surface area contributed by atoms with Gasteiger partial charge in [-0.3, -0.25) is 9.78 Å². The number of fused-ring (bicyclic) bond motifs is 1. The summed E-state index contributed by atoms with van der Waals surface area (Å²) in [5.41, 5.74) is 4.29. The summed E-state index contributed by atoms with van der Waals surface area (Å²) in [5.74, 6) is -0.654. The maximum absolute atomic E-state index is 13.0. The number of alkyl halides is 3. The highest BCUT2D eigenvalue weighted by molar-refractivity contribution is 6.12. The van der Waals surface area contributed by atoms with E-state index in [1.807, 2.05) is 0 Å². The van der Waals surface area contributed by atoms with E-state index in [1.54, 1.807) is 6.07 Å². The van der Waals surface area contributed by atoms with Gasteiger partial charge in [-0.15, -0.1) is 5.10 Å². The van der Waals surface area contributed by atoms with Crippen LogP contribution in [0.3, 0.4) is 0 Å². The summed E-state index contributed by atoms with van der Waals surface area (Å²) in [4.78, 5) is 20.3. The summed E-state index contributed by atoms with van der Waals surface area (Å²) in [6.45, 7) is 1.15. The number of carbonyl (C=O) groups excluding carboxylic acids is 1. The lowest BCUT2D eigenvalue weighted by Crippen LogP contribution is -2.26. The average molecular weight is 422 g/mol. The Labute approximate surface area is 168 Å². The van der Waals surface area contributed by atoms with E-state index in [0.29, 0.717) is 31.8 Å². The number of hydrogen-bond donors (Lipinski definition) is 2. The van der Waals surface area contributed by atoms with E-state index >= 15 is 0 Å². The minimum Gasteiger partial charge on any atom is -0.488 e. The van der Waals surface area contributed by atoms with Gasteiger partial charge in [-0.2, -0.15) is 13.2 Å². The molecule has 158 valence electrons. The quantitative estimate of drug-likeness (QED) is 0.664. The molecule has 1 aliphatic rings. The van der Waals surface area contributed by atoms with Crippen molar-refractivity contribution >= 4 is 23.1 Å². The number of rotatable bonds is 4. The number of anilines is 2. The largest absolute Gasteiger partial charge is 0.488 e. The number of nitrogen functional groups attached to an aromatic ring is 1. The zero-order valence-electron chi connectivity index (χ0n) is 15.5. The summed E-state index contributed by atoms with van der Waals surface area (Å²) in [5, 5.41) is 6.44. The second-order valence-corrected chi connectivity index (χ2v) is 6.59. The zero-order chi connectivity index (χ0) is 21.3. The maximum Gasteiger partial charge on any atom is 0.433 e. The molecule has 9 nitrogen and oxygen atoms in total. The molecule has 4 heterocycles. The molecule has 1 amide bonds. The van der Waals surface area contributed by atoms with Crippen molar-refractivity contribution < 1.29 is 27.4 Å². The molecule has 0 radical (unpaired) electrons. The van der Waals surface area contributed by atoms with Crippen molar-refractivity contribution in [2.75, 3.05) is 24.3 Å². The van der Waals surface area contributed by atoms with Crippen molar-refractivity contribution in [1.29, 1.82) is 0 Å². The van der Waals surface area contributed by atoms with Crippen molar-refractivity contribution in [3.8, 4) is 5.75 Å². The lowest BCUT2D eigenvalue weighted by atomic mass is 10.1. The van der Waals surface area contributed by atoms with Crippen LogP contribution in [-0.2, 0) is 10.9 Å². The van der Waals surface area contributed by atoms with Gasteiger partial charge in [0.2, 0.25) is 0 Å². The molecule has 1 fully saturated rings. The summed E-state index contributed by atoms with van der Waals surface area (Å²) >= 11 is 0. The Morgan fingerprint density at radius 3 is 2.80 bits per heavy atom. The van der Waals surface area contributed by atoms with Crippen LogP contribution in [0.15, 0.2) is 30.7 Å². The molecule has 0 saturated carbocycles. The molecule has 3 N–H and O–H groups in total. The van der Waals surface area contributed by atoms with Crippen LogP contribution in [0.5, 0.6) is 5.75 Å². The fourth-order valence-electron chi connectivity index (χ4n) is 3.06. The molecule has 0 aliphatic carbocycles. The molecule has 1 saturated heterocycles. The van der Waals surface area contributed by atoms with Gasteiger partial charge in [0.15, 0.2) is 11.5 Å². The van der Waals surface area contributed by atoms with Crippen molar-refractivity contribution in [1.82, 2.24) is 19.6 Å². The minimum absolute atomic E-state index is 0.0881. The van der Waals surface area contributed by atoms with Crippen LogP contribution in [0, 0.1) is 0 Å². The van der Waals surface area contributed by atoms with Crippen LogP contribution in [0.2, 0.25) is 0 Å². The number of aromatic nitrogens is 4. The molecular formula is C18H17F3N6O3. The highest BCUT2D eigenvalue weighted by Crippen LogP contribution is 2.30. The summed E-state index contributed by atoms with van der Waals surface area (Å²) < 4.78 is 51.3. The maximum atomic E-state index is 13.0. The van der Waals surface area contributed by atoms with Crippen molar-refractivity contribution in [2.24, 2.45) is 0 Å². The van der Waals surface area contributed by atoms with Crippen molar-refractivity contribution in [3.05, 3.63) is 42.0 Å². The number of ether oxygens (including phenoxy) is 2. The fraction of sp³-hybridized carbons (Fsp3) is 0.333. The molecule has 0 bridgehead atoms. The fourth-order valence-corrected chi connectivity index (χ4v) is 3.06. The van der Waals surface area contributed by atoms with E-state index in [2.05, 4.69) is 20.4 Å². The Kier molecular flexibility index (Phi) is 5.16. The molecule has 0 aromatic carbocycles. The van der Waals surface area contributed by atoms with Crippen LogP contribution in [-0.4, -0.2) is 44.8 Å². The second kappa shape index (κ2) is 7.78. The van der Waals surface area contributed by atoms with Gasteiger partial charge in [-0.05, 0) is 6.07 Å². The van der Waals surface area contributed by atoms with Gasteiger partial charge in [0, 0.05) is 31.3 Å². The second-order valence-electron chi connectivity index (χ2n) is 6.59. The topological polar surface area (TPSA) is 117 Å². The lowest BCUT2D eigenvalue weighted by molar-refractivity contribution is -0.141. The molecule has 0 spiro atoms. The number of nitrogens with one attached hydrogen (secondary N) is 1. The zero-order valence-corrected chi connectivity index (χ0v) is 15.5. The molecular weight excluding hydrogens is 405 g/mol. The summed E-state index contributed by atoms with van der Waals surface area (Å²) in [6.07, 6.45) is 0.551. The molecule has 0 atom stereocenters. The van der Waals surface area contributed by atoms with Crippen LogP contribution < -0.4 is 15.8 Å². The first-order valence-corrected chi connectivity index (χ1v) is 9.05. The van der Waals surface area contributed by atoms with Crippen LogP contribution in [0.25, 0.3) is 5.65 Å². The number of halogens is 3. The van der Waals surface area contributed by atoms with Gasteiger partial charge >= 0.3 is 6.18 Å². The number of carbonyl (C=O) groups is 1. The molecule has 4 rings (SSSR count). The SMILES string of the molecule is Nc1nn2ccc(C(F)(F)F)nc2c1C(=O)Nc1cnccc1OC1CCOCC1. The third kappa shape index (κ3) is 3.99. The molecule has 3 aromatic rings. The van der Waals surface area contributed by atoms with Crippen molar-refractivity contribution in [3.63, 3.8) is 0 Å². The van der Waals surface area contributed by atoms with E-state index in [-0.39, 0.29) is 28.8 Å². The number of nitrogens with zero attached hydrogens (tertiary/aromatic N) is 4. The molecule has 3 aromatic heterocycles. The number of pyridine rings is 1. The molecule has 30 heavy (non-hydrogen) atoms. The predicted octanol–water partition coefficient (Wildman–Crippen LogP) is 2.54. The highest BCUT2D eigenvalue weighted by atomic mass is 19.4. The highest BCUT2D eigenvalue weighted by Gasteiger charge is 2.34. The van der Waals surface area contributed by atoms with Gasteiger partial charge in [-0.25, -0.2) is 9.50 Å². The first-order chi connectivity index (χ1) is 14.3. The number of amides is 1. The Hall–Kier alpha value is -3.41. The van der Waals surface area contributed by atoms with E-state index < -0.39 is 17.8 Å². The van der Waals surface area contributed by atoms with E-state index in [1.165, 1.54) is 12.4 Å². The summed E-state index contributed by atoms with van der Waals surface area (Å²) in [6, 6.07) is 2.34. The smallest absolute Gasteiger partial charge is 0.433 e. The van der Waals surface area contributed by atoms with Gasteiger partial charge in [0.25, 0.3) is 5.91 Å². The van der Waals surface area contributed by atoms with Gasteiger partial charge < -0.3 is 20.5 Å². The summed E-state index contributed by atoms with van der Waals surface area (Å²) in [7, 11) is 0. The minimum atomic E-state index is -4.68. The average Bonchev–Trinajstić information content (AvgIpc) is 3.04. The standard InChI is InChI=1S/C18H17F3N6O3/c19-18(20,21)13-2-6-27-16(25-13)14(15(22)26-27)17(28)24-11-9-23-5-1-12(11)30-10-3-7-29-8-4-10/h1-2,5-6,9-10H,3-4,7-8H2,(H2,22,26)(H,24,28). The van der Waals surface area contributed by atoms with Crippen molar-refractivity contribution in [2.45, 2.75) is 25.1 Å². The first-order valence-electron chi connectivity index (χ1n) is 9.05. The van der Waals surface area contributed by atoms with Crippen LogP contribution in [0.4, 0.5) is 24.7 Å². The molecule has 1 aliphatic heterocycles. The van der Waals surface area contributed by atoms with Gasteiger partial charge in [-0.1, -0.05) is 0 Å².